The molecule has 2 nitrogen and oxygen atoms in total. The number of hydrogen-bond acceptors (Lipinski definition) is 2. The number of rotatable bonds is 6. The monoisotopic (exact) mass is 240 g/mol. The highest BCUT2D eigenvalue weighted by Gasteiger charge is 2.01. The number of aryl methyl sites for hydroxylation is 1. The van der Waals surface area contributed by atoms with Crippen LogP contribution < -0.4 is 10.6 Å². The molecule has 0 aromatic heterocycles. The first-order chi connectivity index (χ1) is 7.61. The maximum atomic E-state index is 6.11. The predicted octanol–water partition coefficient (Wildman–Crippen LogP) is 3.45. The van der Waals surface area contributed by atoms with Crippen LogP contribution in [0.5, 0.6) is 0 Å². The summed E-state index contributed by atoms with van der Waals surface area (Å²) in [5.41, 5.74) is 2.26. The molecule has 3 heteroatoms. The van der Waals surface area contributed by atoms with Crippen LogP contribution in [0.2, 0.25) is 5.02 Å². The fourth-order valence-corrected chi connectivity index (χ4v) is 1.84. The summed E-state index contributed by atoms with van der Waals surface area (Å²) in [7, 11) is 0. The van der Waals surface area contributed by atoms with Crippen LogP contribution in [0.4, 0.5) is 5.69 Å². The Labute approximate surface area is 103 Å². The maximum absolute atomic E-state index is 6.11. The lowest BCUT2D eigenvalue weighted by Gasteiger charge is -2.12. The van der Waals surface area contributed by atoms with Gasteiger partial charge in [0.2, 0.25) is 0 Å². The van der Waals surface area contributed by atoms with E-state index in [1.807, 2.05) is 12.1 Å². The summed E-state index contributed by atoms with van der Waals surface area (Å²) in [5.74, 6) is 0. The van der Waals surface area contributed by atoms with Crippen molar-refractivity contribution in [2.45, 2.75) is 33.2 Å². The molecule has 1 aromatic carbocycles. The number of halogens is 1. The highest BCUT2D eigenvalue weighted by Crippen LogP contribution is 2.24. The highest BCUT2D eigenvalue weighted by molar-refractivity contribution is 6.33. The van der Waals surface area contributed by atoms with Crippen LogP contribution in [0.3, 0.4) is 0 Å². The number of nitrogens with one attached hydrogen (secondary N) is 2. The van der Waals surface area contributed by atoms with Gasteiger partial charge in [-0.2, -0.15) is 0 Å². The Balaban J connectivity index is 2.32. The third-order valence-corrected chi connectivity index (χ3v) is 2.74. The minimum absolute atomic E-state index is 0.557. The second kappa shape index (κ2) is 6.77. The summed E-state index contributed by atoms with van der Waals surface area (Å²) < 4.78 is 0. The average molecular weight is 241 g/mol. The van der Waals surface area contributed by atoms with Crippen LogP contribution in [0.1, 0.15) is 25.8 Å². The van der Waals surface area contributed by atoms with Crippen LogP contribution in [-0.4, -0.2) is 19.1 Å². The SMILES string of the molecule is Cc1cccc(Cl)c1NCCCNC(C)C. The van der Waals surface area contributed by atoms with Crippen molar-refractivity contribution in [3.05, 3.63) is 28.8 Å². The quantitative estimate of drug-likeness (QED) is 0.745. The van der Waals surface area contributed by atoms with Gasteiger partial charge in [0, 0.05) is 12.6 Å². The molecule has 0 unspecified atom stereocenters. The molecule has 0 amide bonds. The van der Waals surface area contributed by atoms with Crippen molar-refractivity contribution in [3.8, 4) is 0 Å². The average Bonchev–Trinajstić information content (AvgIpc) is 2.21. The molecule has 16 heavy (non-hydrogen) atoms. The summed E-state index contributed by atoms with van der Waals surface area (Å²) in [6.45, 7) is 8.37. The minimum Gasteiger partial charge on any atom is -0.384 e. The molecule has 1 rings (SSSR count). The van der Waals surface area contributed by atoms with E-state index < -0.39 is 0 Å². The zero-order chi connectivity index (χ0) is 12.0. The summed E-state index contributed by atoms with van der Waals surface area (Å²) in [6.07, 6.45) is 1.10. The van der Waals surface area contributed by atoms with E-state index in [1.165, 1.54) is 5.56 Å². The van der Waals surface area contributed by atoms with E-state index >= 15 is 0 Å². The first kappa shape index (κ1) is 13.3. The zero-order valence-electron chi connectivity index (χ0n) is 10.3. The van der Waals surface area contributed by atoms with E-state index in [4.69, 9.17) is 11.6 Å². The minimum atomic E-state index is 0.557. The van der Waals surface area contributed by atoms with Crippen molar-refractivity contribution in [3.63, 3.8) is 0 Å². The van der Waals surface area contributed by atoms with Crippen molar-refractivity contribution in [2.24, 2.45) is 0 Å². The second-order valence-electron chi connectivity index (χ2n) is 4.32. The Morgan fingerprint density at radius 1 is 1.25 bits per heavy atom. The lowest BCUT2D eigenvalue weighted by Crippen LogP contribution is -2.25. The molecule has 2 N–H and O–H groups in total. The van der Waals surface area contributed by atoms with Gasteiger partial charge < -0.3 is 10.6 Å². The molecule has 90 valence electrons. The summed E-state index contributed by atoms with van der Waals surface area (Å²) in [4.78, 5) is 0. The van der Waals surface area contributed by atoms with E-state index in [0.717, 1.165) is 30.2 Å². The molecular formula is C13H21ClN2. The van der Waals surface area contributed by atoms with Crippen molar-refractivity contribution in [1.29, 1.82) is 0 Å². The number of hydrogen-bond donors (Lipinski definition) is 2. The lowest BCUT2D eigenvalue weighted by atomic mass is 10.2. The maximum Gasteiger partial charge on any atom is 0.0640 e. The first-order valence-electron chi connectivity index (χ1n) is 5.83. The summed E-state index contributed by atoms with van der Waals surface area (Å²) in [5, 5.41) is 7.57. The molecule has 0 fully saturated rings. The zero-order valence-corrected chi connectivity index (χ0v) is 11.1. The van der Waals surface area contributed by atoms with Gasteiger partial charge >= 0.3 is 0 Å². The van der Waals surface area contributed by atoms with E-state index in [2.05, 4.69) is 37.5 Å². The lowest BCUT2D eigenvalue weighted by molar-refractivity contribution is 0.578. The van der Waals surface area contributed by atoms with Gasteiger partial charge in [-0.3, -0.25) is 0 Å². The van der Waals surface area contributed by atoms with Gasteiger partial charge in [-0.25, -0.2) is 0 Å². The van der Waals surface area contributed by atoms with Gasteiger partial charge in [-0.1, -0.05) is 37.6 Å². The normalized spacial score (nSPS) is 10.8. The van der Waals surface area contributed by atoms with Gasteiger partial charge in [0.1, 0.15) is 0 Å². The van der Waals surface area contributed by atoms with Crippen LogP contribution in [0.25, 0.3) is 0 Å². The molecular weight excluding hydrogens is 220 g/mol. The Hall–Kier alpha value is -0.730. The molecule has 0 aliphatic heterocycles. The van der Waals surface area contributed by atoms with Crippen molar-refractivity contribution in [2.75, 3.05) is 18.4 Å². The van der Waals surface area contributed by atoms with E-state index in [9.17, 15) is 0 Å². The van der Waals surface area contributed by atoms with Crippen LogP contribution in [0, 0.1) is 6.92 Å². The molecule has 0 saturated carbocycles. The molecule has 0 saturated heterocycles. The molecule has 1 aromatic rings. The third kappa shape index (κ3) is 4.42. The van der Waals surface area contributed by atoms with E-state index in [0.29, 0.717) is 6.04 Å². The van der Waals surface area contributed by atoms with Gasteiger partial charge in [-0.05, 0) is 31.5 Å². The van der Waals surface area contributed by atoms with Crippen molar-refractivity contribution in [1.82, 2.24) is 5.32 Å². The molecule has 0 aliphatic rings. The van der Waals surface area contributed by atoms with Gasteiger partial charge in [0.05, 0.1) is 10.7 Å². The summed E-state index contributed by atoms with van der Waals surface area (Å²) >= 11 is 6.11. The smallest absolute Gasteiger partial charge is 0.0640 e. The van der Waals surface area contributed by atoms with Gasteiger partial charge in [-0.15, -0.1) is 0 Å². The van der Waals surface area contributed by atoms with Crippen LogP contribution in [0.15, 0.2) is 18.2 Å². The highest BCUT2D eigenvalue weighted by atomic mass is 35.5. The predicted molar refractivity (Wildman–Crippen MR) is 72.4 cm³/mol. The molecule has 0 heterocycles. The van der Waals surface area contributed by atoms with Crippen molar-refractivity contribution < 1.29 is 0 Å². The molecule has 0 atom stereocenters. The largest absolute Gasteiger partial charge is 0.384 e. The van der Waals surface area contributed by atoms with E-state index in [-0.39, 0.29) is 0 Å². The standard InChI is InChI=1S/C13H21ClN2/c1-10(2)15-8-5-9-16-13-11(3)6-4-7-12(13)14/h4,6-7,10,15-16H,5,8-9H2,1-3H3. The topological polar surface area (TPSA) is 24.1 Å². The number of benzene rings is 1. The molecule has 0 bridgehead atoms. The van der Waals surface area contributed by atoms with Gasteiger partial charge in [0.25, 0.3) is 0 Å². The Kier molecular flexibility index (Phi) is 5.64. The van der Waals surface area contributed by atoms with Crippen LogP contribution >= 0.6 is 11.6 Å². The number of para-hydroxylation sites is 1. The molecule has 0 spiro atoms. The number of anilines is 1. The molecule has 0 radical (unpaired) electrons. The van der Waals surface area contributed by atoms with Gasteiger partial charge in [0.15, 0.2) is 0 Å². The second-order valence-corrected chi connectivity index (χ2v) is 4.73. The Morgan fingerprint density at radius 3 is 2.62 bits per heavy atom. The van der Waals surface area contributed by atoms with E-state index in [1.54, 1.807) is 0 Å². The molecule has 0 aliphatic carbocycles. The Morgan fingerprint density at radius 2 is 2.00 bits per heavy atom. The fourth-order valence-electron chi connectivity index (χ4n) is 1.55. The third-order valence-electron chi connectivity index (χ3n) is 2.43. The Bertz CT molecular complexity index is 303. The fraction of sp³-hybridized carbons (Fsp3) is 0.538. The summed E-state index contributed by atoms with van der Waals surface area (Å²) in [6, 6.07) is 6.52. The first-order valence-corrected chi connectivity index (χ1v) is 6.21. The van der Waals surface area contributed by atoms with Crippen LogP contribution in [-0.2, 0) is 0 Å². The van der Waals surface area contributed by atoms with Crippen molar-refractivity contribution >= 4 is 17.3 Å².